The molecule has 396 valence electrons. The number of rotatable bonds is 10. The summed E-state index contributed by atoms with van der Waals surface area (Å²) < 4.78 is 40.3. The van der Waals surface area contributed by atoms with E-state index in [2.05, 4.69) is 152 Å². The van der Waals surface area contributed by atoms with E-state index in [9.17, 15) is 18.3 Å². The lowest BCUT2D eigenvalue weighted by atomic mass is 9.63. The number of hydrogen-bond acceptors (Lipinski definition) is 1. The zero-order valence-corrected chi connectivity index (χ0v) is 48.6. The van der Waals surface area contributed by atoms with Crippen LogP contribution in [0.4, 0.5) is 13.2 Å². The summed E-state index contributed by atoms with van der Waals surface area (Å²) in [6.07, 6.45) is 18.6. The molecule has 0 heterocycles. The summed E-state index contributed by atoms with van der Waals surface area (Å²) in [7, 11) is 0. The molecule has 0 aromatic rings. The number of alkyl halides is 3. The zero-order chi connectivity index (χ0) is 51.1. The van der Waals surface area contributed by atoms with Crippen molar-refractivity contribution in [3.63, 3.8) is 0 Å². The van der Waals surface area contributed by atoms with E-state index in [0.717, 1.165) is 91.3 Å². The van der Waals surface area contributed by atoms with Gasteiger partial charge in [0.25, 0.3) is 0 Å². The average molecular weight is 940 g/mol. The molecule has 0 radical (unpaired) electrons. The van der Waals surface area contributed by atoms with E-state index in [1.165, 1.54) is 64.2 Å². The molecule has 0 spiro atoms. The Morgan fingerprint density at radius 2 is 0.621 bits per heavy atom. The van der Waals surface area contributed by atoms with Gasteiger partial charge in [-0.3, -0.25) is 0 Å². The van der Waals surface area contributed by atoms with Crippen molar-refractivity contribution < 1.29 is 18.3 Å². The van der Waals surface area contributed by atoms with Gasteiger partial charge in [-0.2, -0.15) is 0 Å². The van der Waals surface area contributed by atoms with Gasteiger partial charge in [0.15, 0.2) is 0 Å². The highest BCUT2D eigenvalue weighted by Gasteiger charge is 2.43. The molecule has 5 rings (SSSR count). The molecular weight excluding hydrogens is 818 g/mol. The molecule has 5 aliphatic carbocycles. The second kappa shape index (κ2) is 29.3. The van der Waals surface area contributed by atoms with Gasteiger partial charge in [-0.25, -0.2) is 13.2 Å². The van der Waals surface area contributed by atoms with Crippen LogP contribution < -0.4 is 0 Å². The summed E-state index contributed by atoms with van der Waals surface area (Å²) in [6.45, 7) is 50.3. The fraction of sp³-hybridized carbons (Fsp3) is 1.00. The lowest BCUT2D eigenvalue weighted by Gasteiger charge is -2.42. The van der Waals surface area contributed by atoms with Gasteiger partial charge in [-0.15, -0.1) is 0 Å². The first-order chi connectivity index (χ1) is 30.2. The van der Waals surface area contributed by atoms with Crippen molar-refractivity contribution in [2.45, 2.75) is 280 Å². The van der Waals surface area contributed by atoms with Crippen LogP contribution in [0.25, 0.3) is 0 Å². The van der Waals surface area contributed by atoms with Crippen molar-refractivity contribution in [3.05, 3.63) is 0 Å². The van der Waals surface area contributed by atoms with Gasteiger partial charge in [0.05, 0.1) is 6.10 Å². The lowest BCUT2D eigenvalue weighted by Crippen LogP contribution is -2.35. The first-order valence-electron chi connectivity index (χ1n) is 28.9. The Balaban J connectivity index is 0.000000413. The van der Waals surface area contributed by atoms with Crippen molar-refractivity contribution in [2.75, 3.05) is 0 Å². The summed E-state index contributed by atoms with van der Waals surface area (Å²) >= 11 is 0. The molecule has 0 aromatic carbocycles. The van der Waals surface area contributed by atoms with Crippen molar-refractivity contribution in [3.8, 4) is 0 Å². The van der Waals surface area contributed by atoms with Crippen LogP contribution in [0.3, 0.4) is 0 Å². The van der Waals surface area contributed by atoms with Crippen LogP contribution in [0.2, 0.25) is 0 Å². The topological polar surface area (TPSA) is 20.2 Å². The smallest absolute Gasteiger partial charge is 0.248 e. The van der Waals surface area contributed by atoms with Crippen LogP contribution in [-0.4, -0.2) is 23.3 Å². The molecule has 5 fully saturated rings. The molecule has 1 N–H and O–H groups in total. The Morgan fingerprint density at radius 3 is 0.879 bits per heavy atom. The Hall–Kier alpha value is -0.250. The average Bonchev–Trinajstić information content (AvgIpc) is 3.20. The van der Waals surface area contributed by atoms with E-state index in [-0.39, 0.29) is 30.8 Å². The molecule has 4 heteroatoms. The Labute approximate surface area is 413 Å². The highest BCUT2D eigenvalue weighted by atomic mass is 19.3. The number of halogens is 3. The fourth-order valence-electron chi connectivity index (χ4n) is 12.6. The van der Waals surface area contributed by atoms with Crippen LogP contribution in [0.15, 0.2) is 0 Å². The molecule has 0 saturated heterocycles. The van der Waals surface area contributed by atoms with Gasteiger partial charge in [-0.1, -0.05) is 178 Å². The van der Waals surface area contributed by atoms with E-state index in [1.807, 2.05) is 0 Å². The van der Waals surface area contributed by atoms with Crippen molar-refractivity contribution in [2.24, 2.45) is 117 Å². The van der Waals surface area contributed by atoms with E-state index >= 15 is 0 Å². The largest absolute Gasteiger partial charge is 0.393 e. The predicted octanol–water partition coefficient (Wildman–Crippen LogP) is 20.5. The quantitative estimate of drug-likeness (QED) is 0.231. The summed E-state index contributed by atoms with van der Waals surface area (Å²) in [5.74, 6) is 9.76. The maximum absolute atomic E-state index is 13.4. The first kappa shape index (κ1) is 63.8. The van der Waals surface area contributed by atoms with E-state index in [0.29, 0.717) is 46.3 Å². The third-order valence-corrected chi connectivity index (χ3v) is 19.6. The van der Waals surface area contributed by atoms with Crippen molar-refractivity contribution >= 4 is 0 Å². The van der Waals surface area contributed by atoms with Gasteiger partial charge in [0.1, 0.15) is 6.17 Å². The SMILES string of the molecule is CC(C)C1CC(C(C)C)CC(F)(F)C1.CC(C)C1CC(F)CC(C(C)C)C1.CC(C)C1CC(O)CC(C(C)C)C1.CC(C)C1CCCC(C)(C(C)C)C1.CC(C)C1CCCC(C)(C(C)C)C1. The maximum Gasteiger partial charge on any atom is 0.248 e. The molecular formula is C62H121F3O. The number of hydrogen-bond donors (Lipinski definition) is 1. The Bertz CT molecular complexity index is 1110. The van der Waals surface area contributed by atoms with Crippen molar-refractivity contribution in [1.82, 2.24) is 0 Å². The molecule has 0 amide bonds. The Kier molecular flexibility index (Phi) is 28.3. The molecule has 5 saturated carbocycles. The highest BCUT2D eigenvalue weighted by Crippen LogP contribution is 2.48. The molecule has 0 aromatic heterocycles. The minimum atomic E-state index is -2.41. The molecule has 5 aliphatic rings. The van der Waals surface area contributed by atoms with Gasteiger partial charge in [-0.05, 0) is 188 Å². The van der Waals surface area contributed by atoms with Gasteiger partial charge < -0.3 is 5.11 Å². The summed E-state index contributed by atoms with van der Waals surface area (Å²) in [4.78, 5) is 0. The van der Waals surface area contributed by atoms with Gasteiger partial charge >= 0.3 is 0 Å². The molecule has 0 bridgehead atoms. The summed E-state index contributed by atoms with van der Waals surface area (Å²) in [5.41, 5.74) is 1.26. The number of aliphatic hydroxyl groups is 1. The standard InChI is InChI=1S/2C13H26.C12H22F2.C12H23F.C12H24O/c2*1-10(2)12-7-6-8-13(5,9-12)11(3)4;1-8(2)10-5-11(9(3)4)7-12(13,14)6-10;2*1-8(2)10-5-11(9(3)4)7-12(13)6-10/h2*10-12H,6-9H2,1-5H3;8-11H,5-7H2,1-4H3;8-12H,5-7H2,1-4H3;8-13H,5-7H2,1-4H3. The minimum Gasteiger partial charge on any atom is -0.393 e. The van der Waals surface area contributed by atoms with E-state index in [1.54, 1.807) is 0 Å². The zero-order valence-electron chi connectivity index (χ0n) is 48.6. The minimum absolute atomic E-state index is 0.0338. The first-order valence-corrected chi connectivity index (χ1v) is 28.9. The molecule has 10 unspecified atom stereocenters. The third-order valence-electron chi connectivity index (χ3n) is 19.6. The Morgan fingerprint density at radius 1 is 0.364 bits per heavy atom. The molecule has 0 aliphatic heterocycles. The van der Waals surface area contributed by atoms with Crippen LogP contribution in [0, 0.1) is 117 Å². The normalized spacial score (nSPS) is 35.1. The van der Waals surface area contributed by atoms with E-state index < -0.39 is 12.1 Å². The molecule has 66 heavy (non-hydrogen) atoms. The highest BCUT2D eigenvalue weighted by molar-refractivity contribution is 4.89. The molecule has 1 nitrogen and oxygen atoms in total. The second-order valence-electron chi connectivity index (χ2n) is 28.0. The summed E-state index contributed by atoms with van der Waals surface area (Å²) in [6, 6.07) is 0. The fourth-order valence-corrected chi connectivity index (χ4v) is 12.6. The van der Waals surface area contributed by atoms with Gasteiger partial charge in [0, 0.05) is 12.8 Å². The van der Waals surface area contributed by atoms with Crippen LogP contribution in [0.1, 0.15) is 261 Å². The molecule has 10 atom stereocenters. The maximum atomic E-state index is 13.4. The van der Waals surface area contributed by atoms with Crippen molar-refractivity contribution in [1.29, 1.82) is 0 Å². The lowest BCUT2D eigenvalue weighted by molar-refractivity contribution is -0.0868. The summed E-state index contributed by atoms with van der Waals surface area (Å²) in [5, 5.41) is 9.75. The third kappa shape index (κ3) is 22.4. The monoisotopic (exact) mass is 939 g/mol. The van der Waals surface area contributed by atoms with Crippen LogP contribution in [-0.2, 0) is 0 Å². The van der Waals surface area contributed by atoms with Crippen LogP contribution >= 0.6 is 0 Å². The predicted molar refractivity (Wildman–Crippen MR) is 287 cm³/mol. The van der Waals surface area contributed by atoms with Crippen LogP contribution in [0.5, 0.6) is 0 Å². The number of aliphatic hydroxyl groups excluding tert-OH is 1. The van der Waals surface area contributed by atoms with E-state index in [4.69, 9.17) is 0 Å². The second-order valence-corrected chi connectivity index (χ2v) is 28.0. The van der Waals surface area contributed by atoms with Gasteiger partial charge in [0.2, 0.25) is 5.92 Å².